The Morgan fingerprint density at radius 1 is 1.06 bits per heavy atom. The molecule has 0 bridgehead atoms. The van der Waals surface area contributed by atoms with Gasteiger partial charge in [-0.25, -0.2) is 4.98 Å². The van der Waals surface area contributed by atoms with Gasteiger partial charge in [0.1, 0.15) is 0 Å². The van der Waals surface area contributed by atoms with Gasteiger partial charge in [0.15, 0.2) is 5.13 Å². The number of benzene rings is 2. The standard InChI is InChI=1S/C26H26N4OS/c1-17-20-10-6-7-11-22(20)27-18(2)21(17)14-25(31)29-26-28-23-12-13-30(16-24(23)32-26)15-19-8-4-3-5-9-19/h3-11H,12-16H2,1-2H3,(H,28,29,31). The van der Waals surface area contributed by atoms with E-state index in [9.17, 15) is 4.79 Å². The number of anilines is 1. The summed E-state index contributed by atoms with van der Waals surface area (Å²) in [6, 6.07) is 18.6. The van der Waals surface area contributed by atoms with Crippen LogP contribution in [0.2, 0.25) is 0 Å². The van der Waals surface area contributed by atoms with Crippen LogP contribution in [0.5, 0.6) is 0 Å². The third-order valence-electron chi connectivity index (χ3n) is 6.13. The van der Waals surface area contributed by atoms with Crippen molar-refractivity contribution in [1.29, 1.82) is 0 Å². The van der Waals surface area contributed by atoms with Crippen LogP contribution in [-0.4, -0.2) is 27.3 Å². The predicted molar refractivity (Wildman–Crippen MR) is 130 cm³/mol. The third kappa shape index (κ3) is 4.29. The number of carbonyl (C=O) groups excluding carboxylic acids is 1. The number of nitrogens with one attached hydrogen (secondary N) is 1. The number of aromatic nitrogens is 2. The van der Waals surface area contributed by atoms with Crippen molar-refractivity contribution in [3.8, 4) is 0 Å². The zero-order chi connectivity index (χ0) is 22.1. The van der Waals surface area contributed by atoms with E-state index in [0.717, 1.165) is 59.5 Å². The first-order chi connectivity index (χ1) is 15.6. The van der Waals surface area contributed by atoms with Crippen molar-refractivity contribution in [3.63, 3.8) is 0 Å². The monoisotopic (exact) mass is 442 g/mol. The first kappa shape index (κ1) is 20.8. The van der Waals surface area contributed by atoms with Gasteiger partial charge >= 0.3 is 0 Å². The zero-order valence-electron chi connectivity index (χ0n) is 18.4. The summed E-state index contributed by atoms with van der Waals surface area (Å²) in [5.41, 5.74) is 6.44. The van der Waals surface area contributed by atoms with Gasteiger partial charge in [0.05, 0.1) is 17.6 Å². The highest BCUT2D eigenvalue weighted by molar-refractivity contribution is 7.15. The van der Waals surface area contributed by atoms with Crippen LogP contribution in [0.4, 0.5) is 5.13 Å². The highest BCUT2D eigenvalue weighted by Crippen LogP contribution is 2.29. The Morgan fingerprint density at radius 3 is 2.69 bits per heavy atom. The molecule has 3 heterocycles. The second kappa shape index (κ2) is 8.81. The molecule has 6 heteroatoms. The smallest absolute Gasteiger partial charge is 0.230 e. The van der Waals surface area contributed by atoms with Crippen LogP contribution in [0.1, 0.15) is 33.0 Å². The quantitative estimate of drug-likeness (QED) is 0.470. The number of carbonyl (C=O) groups is 1. The molecule has 162 valence electrons. The lowest BCUT2D eigenvalue weighted by molar-refractivity contribution is -0.115. The molecule has 0 saturated carbocycles. The van der Waals surface area contributed by atoms with Gasteiger partial charge in [0, 0.05) is 42.0 Å². The Morgan fingerprint density at radius 2 is 1.84 bits per heavy atom. The molecule has 2 aromatic carbocycles. The molecular formula is C26H26N4OS. The predicted octanol–water partition coefficient (Wildman–Crippen LogP) is 5.05. The number of rotatable bonds is 5. The number of nitrogens with zero attached hydrogens (tertiary/aromatic N) is 3. The van der Waals surface area contributed by atoms with E-state index in [4.69, 9.17) is 9.97 Å². The average Bonchev–Trinajstić information content (AvgIpc) is 3.18. The Kier molecular flexibility index (Phi) is 5.72. The maximum absolute atomic E-state index is 12.9. The summed E-state index contributed by atoms with van der Waals surface area (Å²) < 4.78 is 0. The summed E-state index contributed by atoms with van der Waals surface area (Å²) in [4.78, 5) is 26.0. The van der Waals surface area contributed by atoms with E-state index in [0.29, 0.717) is 11.6 Å². The molecule has 5 rings (SSSR count). The Hall–Kier alpha value is -3.09. The number of pyridine rings is 1. The molecule has 5 nitrogen and oxygen atoms in total. The average molecular weight is 443 g/mol. The van der Waals surface area contributed by atoms with Crippen molar-refractivity contribution in [2.24, 2.45) is 0 Å². The normalized spacial score (nSPS) is 13.8. The lowest BCUT2D eigenvalue weighted by Gasteiger charge is -2.25. The molecule has 0 unspecified atom stereocenters. The van der Waals surface area contributed by atoms with Crippen LogP contribution in [0.15, 0.2) is 54.6 Å². The fourth-order valence-electron chi connectivity index (χ4n) is 4.43. The van der Waals surface area contributed by atoms with Gasteiger partial charge in [0.25, 0.3) is 0 Å². The maximum Gasteiger partial charge on any atom is 0.230 e. The molecule has 1 aliphatic rings. The van der Waals surface area contributed by atoms with E-state index in [2.05, 4.69) is 47.5 Å². The van der Waals surface area contributed by atoms with Crippen molar-refractivity contribution in [3.05, 3.63) is 87.6 Å². The minimum atomic E-state index is -0.0412. The molecule has 1 aliphatic heterocycles. The number of hydrogen-bond acceptors (Lipinski definition) is 5. The van der Waals surface area contributed by atoms with Crippen LogP contribution in [0, 0.1) is 13.8 Å². The topological polar surface area (TPSA) is 58.1 Å². The van der Waals surface area contributed by atoms with Gasteiger partial charge in [-0.2, -0.15) is 0 Å². The molecule has 0 atom stereocenters. The Bertz CT molecular complexity index is 1280. The molecule has 0 radical (unpaired) electrons. The summed E-state index contributed by atoms with van der Waals surface area (Å²) in [5.74, 6) is -0.0412. The van der Waals surface area contributed by atoms with Gasteiger partial charge in [-0.1, -0.05) is 48.5 Å². The van der Waals surface area contributed by atoms with Crippen LogP contribution >= 0.6 is 11.3 Å². The second-order valence-corrected chi connectivity index (χ2v) is 9.46. The van der Waals surface area contributed by atoms with E-state index in [1.54, 1.807) is 11.3 Å². The van der Waals surface area contributed by atoms with E-state index >= 15 is 0 Å². The fourth-order valence-corrected chi connectivity index (χ4v) is 5.50. The minimum Gasteiger partial charge on any atom is -0.302 e. The summed E-state index contributed by atoms with van der Waals surface area (Å²) in [7, 11) is 0. The molecule has 1 amide bonds. The SMILES string of the molecule is Cc1nc2ccccc2c(C)c1CC(=O)Nc1nc2c(s1)CN(Cc1ccccc1)CC2. The number of amides is 1. The van der Waals surface area contributed by atoms with Crippen molar-refractivity contribution >= 4 is 33.3 Å². The minimum absolute atomic E-state index is 0.0412. The lowest BCUT2D eigenvalue weighted by Crippen LogP contribution is -2.29. The fraction of sp³-hybridized carbons (Fsp3) is 0.269. The summed E-state index contributed by atoms with van der Waals surface area (Å²) in [6.45, 7) is 6.85. The van der Waals surface area contributed by atoms with Crippen LogP contribution in [0.3, 0.4) is 0 Å². The van der Waals surface area contributed by atoms with Crippen molar-refractivity contribution < 1.29 is 4.79 Å². The van der Waals surface area contributed by atoms with E-state index in [1.807, 2.05) is 31.2 Å². The van der Waals surface area contributed by atoms with Crippen molar-refractivity contribution in [2.75, 3.05) is 11.9 Å². The Labute approximate surface area is 192 Å². The second-order valence-electron chi connectivity index (χ2n) is 8.38. The lowest BCUT2D eigenvalue weighted by atomic mass is 9.99. The zero-order valence-corrected chi connectivity index (χ0v) is 19.2. The first-order valence-corrected chi connectivity index (χ1v) is 11.8. The van der Waals surface area contributed by atoms with E-state index in [1.165, 1.54) is 10.4 Å². The number of hydrogen-bond donors (Lipinski definition) is 1. The number of para-hydroxylation sites is 1. The Balaban J connectivity index is 1.27. The summed E-state index contributed by atoms with van der Waals surface area (Å²) in [6.07, 6.45) is 1.22. The van der Waals surface area contributed by atoms with E-state index < -0.39 is 0 Å². The molecule has 0 aliphatic carbocycles. The van der Waals surface area contributed by atoms with Gasteiger partial charge in [-0.3, -0.25) is 14.7 Å². The number of fused-ring (bicyclic) bond motifs is 2. The number of aryl methyl sites for hydroxylation is 2. The summed E-state index contributed by atoms with van der Waals surface area (Å²) >= 11 is 1.60. The molecule has 0 fully saturated rings. The largest absolute Gasteiger partial charge is 0.302 e. The van der Waals surface area contributed by atoms with Gasteiger partial charge < -0.3 is 5.32 Å². The van der Waals surface area contributed by atoms with Crippen LogP contribution in [-0.2, 0) is 30.7 Å². The molecule has 2 aromatic heterocycles. The van der Waals surface area contributed by atoms with Crippen molar-refractivity contribution in [1.82, 2.24) is 14.9 Å². The molecule has 0 saturated heterocycles. The molecule has 32 heavy (non-hydrogen) atoms. The van der Waals surface area contributed by atoms with Crippen molar-refractivity contribution in [2.45, 2.75) is 39.8 Å². The van der Waals surface area contributed by atoms with E-state index in [-0.39, 0.29) is 5.91 Å². The molecule has 0 spiro atoms. The molecule has 1 N–H and O–H groups in total. The highest BCUT2D eigenvalue weighted by atomic mass is 32.1. The van der Waals surface area contributed by atoms with Crippen LogP contribution < -0.4 is 5.32 Å². The molecule has 4 aromatic rings. The van der Waals surface area contributed by atoms with Gasteiger partial charge in [-0.05, 0) is 36.6 Å². The highest BCUT2D eigenvalue weighted by Gasteiger charge is 2.22. The third-order valence-corrected chi connectivity index (χ3v) is 7.13. The number of thiazole rings is 1. The molecular weight excluding hydrogens is 416 g/mol. The summed E-state index contributed by atoms with van der Waals surface area (Å²) in [5, 5.41) is 4.84. The van der Waals surface area contributed by atoms with Gasteiger partial charge in [0.2, 0.25) is 5.91 Å². The van der Waals surface area contributed by atoms with Gasteiger partial charge in [-0.15, -0.1) is 11.3 Å². The first-order valence-electron chi connectivity index (χ1n) is 11.0. The maximum atomic E-state index is 12.9. The van der Waals surface area contributed by atoms with Crippen LogP contribution in [0.25, 0.3) is 10.9 Å².